The number of benzene rings is 1. The molecule has 3 rings (SSSR count). The molecule has 1 aliphatic heterocycles. The molecule has 1 aliphatic rings. The summed E-state index contributed by atoms with van der Waals surface area (Å²) in [7, 11) is 0. The van der Waals surface area contributed by atoms with Crippen molar-refractivity contribution in [2.24, 2.45) is 0 Å². The van der Waals surface area contributed by atoms with Gasteiger partial charge in [0.2, 0.25) is 5.78 Å². The van der Waals surface area contributed by atoms with Crippen LogP contribution in [0.3, 0.4) is 0 Å². The molecule has 10 heteroatoms. The van der Waals surface area contributed by atoms with Gasteiger partial charge in [-0.15, -0.1) is 0 Å². The van der Waals surface area contributed by atoms with Gasteiger partial charge in [0.05, 0.1) is 6.42 Å². The number of hydrogen-bond acceptors (Lipinski definition) is 8. The van der Waals surface area contributed by atoms with E-state index in [4.69, 9.17) is 19.9 Å². The molecule has 0 amide bonds. The number of aromatic nitrogens is 2. The van der Waals surface area contributed by atoms with E-state index in [9.17, 15) is 19.2 Å². The molecule has 0 radical (unpaired) electrons. The van der Waals surface area contributed by atoms with Crippen LogP contribution >= 0.6 is 0 Å². The highest BCUT2D eigenvalue weighted by Crippen LogP contribution is 2.30. The number of esters is 1. The number of anilines is 1. The number of carbonyl (C=O) groups excluding carboxylic acids is 2. The maximum absolute atomic E-state index is 12.4. The van der Waals surface area contributed by atoms with E-state index in [-0.39, 0.29) is 18.8 Å². The maximum atomic E-state index is 12.4. The van der Waals surface area contributed by atoms with E-state index >= 15 is 0 Å². The minimum atomic E-state index is -0.910. The molecule has 0 aliphatic carbocycles. The molecule has 10 nitrogen and oxygen atoms in total. The molecule has 2 aromatic rings. The van der Waals surface area contributed by atoms with Gasteiger partial charge in [-0.1, -0.05) is 13.0 Å². The van der Waals surface area contributed by atoms with E-state index in [0.717, 1.165) is 4.57 Å². The molecule has 1 aromatic carbocycles. The number of aromatic amines is 1. The van der Waals surface area contributed by atoms with E-state index in [1.54, 1.807) is 18.2 Å². The minimum absolute atomic E-state index is 0.0922. The Morgan fingerprint density at radius 2 is 1.93 bits per heavy atom. The topological polar surface area (TPSA) is 143 Å². The predicted octanol–water partition coefficient (Wildman–Crippen LogP) is 0.269. The van der Waals surface area contributed by atoms with Crippen LogP contribution in [0.1, 0.15) is 29.3 Å². The number of hydrogen-bond donors (Lipinski definition) is 2. The predicted molar refractivity (Wildman–Crippen MR) is 102 cm³/mol. The van der Waals surface area contributed by atoms with E-state index in [0.29, 0.717) is 36.7 Å². The van der Waals surface area contributed by atoms with Crippen molar-refractivity contribution < 1.29 is 23.8 Å². The Morgan fingerprint density at radius 1 is 1.21 bits per heavy atom. The van der Waals surface area contributed by atoms with Crippen LogP contribution in [0.4, 0.5) is 5.82 Å². The molecule has 0 atom stereocenters. The van der Waals surface area contributed by atoms with Crippen molar-refractivity contribution >= 4 is 17.6 Å². The van der Waals surface area contributed by atoms with Gasteiger partial charge in [-0.3, -0.25) is 23.9 Å². The lowest BCUT2D eigenvalue weighted by Crippen LogP contribution is -2.37. The molecule has 0 unspecified atom stereocenters. The van der Waals surface area contributed by atoms with Gasteiger partial charge in [-0.25, -0.2) is 4.79 Å². The summed E-state index contributed by atoms with van der Waals surface area (Å²) in [5.74, 6) is -0.555. The Morgan fingerprint density at radius 3 is 2.66 bits per heavy atom. The van der Waals surface area contributed by atoms with Crippen LogP contribution in [0, 0.1) is 0 Å². The lowest BCUT2D eigenvalue weighted by molar-refractivity contribution is -0.141. The third-order valence-corrected chi connectivity index (χ3v) is 4.28. The van der Waals surface area contributed by atoms with Gasteiger partial charge < -0.3 is 19.9 Å². The molecule has 1 aromatic heterocycles. The summed E-state index contributed by atoms with van der Waals surface area (Å²) in [5.41, 5.74) is 4.45. The third kappa shape index (κ3) is 4.48. The molecule has 0 saturated carbocycles. The molecule has 0 fully saturated rings. The molecule has 154 valence electrons. The van der Waals surface area contributed by atoms with Crippen molar-refractivity contribution in [2.75, 3.05) is 25.6 Å². The SMILES string of the molecule is CCCn1c(N)c(C(=O)COC(=O)Cc2ccc3c(c2)OCCO3)c(=O)[nH]c1=O. The van der Waals surface area contributed by atoms with Gasteiger partial charge in [0.1, 0.15) is 24.6 Å². The fourth-order valence-corrected chi connectivity index (χ4v) is 2.94. The number of ether oxygens (including phenoxy) is 3. The van der Waals surface area contributed by atoms with E-state index in [1.807, 2.05) is 6.92 Å². The van der Waals surface area contributed by atoms with E-state index in [2.05, 4.69) is 4.98 Å². The second kappa shape index (κ2) is 8.63. The lowest BCUT2D eigenvalue weighted by Gasteiger charge is -2.18. The minimum Gasteiger partial charge on any atom is -0.486 e. The third-order valence-electron chi connectivity index (χ3n) is 4.28. The zero-order chi connectivity index (χ0) is 21.0. The first-order valence-electron chi connectivity index (χ1n) is 9.10. The van der Waals surface area contributed by atoms with Crippen molar-refractivity contribution in [2.45, 2.75) is 26.3 Å². The van der Waals surface area contributed by atoms with Crippen LogP contribution in [-0.4, -0.2) is 41.1 Å². The Labute approximate surface area is 165 Å². The zero-order valence-corrected chi connectivity index (χ0v) is 15.9. The van der Waals surface area contributed by atoms with Gasteiger partial charge in [-0.2, -0.15) is 0 Å². The molecular formula is C19H21N3O7. The van der Waals surface area contributed by atoms with Crippen molar-refractivity contribution in [3.63, 3.8) is 0 Å². The Hall–Kier alpha value is -3.56. The summed E-state index contributed by atoms with van der Waals surface area (Å²) < 4.78 is 17.0. The number of fused-ring (bicyclic) bond motifs is 1. The molecular weight excluding hydrogens is 382 g/mol. The summed E-state index contributed by atoms with van der Waals surface area (Å²) in [5, 5.41) is 0. The monoisotopic (exact) mass is 403 g/mol. The number of carbonyl (C=O) groups is 2. The molecule has 29 heavy (non-hydrogen) atoms. The first-order valence-corrected chi connectivity index (χ1v) is 9.10. The molecule has 3 N–H and O–H groups in total. The molecule has 2 heterocycles. The average molecular weight is 403 g/mol. The summed E-state index contributed by atoms with van der Waals surface area (Å²) >= 11 is 0. The normalized spacial score (nSPS) is 12.4. The smallest absolute Gasteiger partial charge is 0.329 e. The van der Waals surface area contributed by atoms with Crippen LogP contribution in [0.5, 0.6) is 11.5 Å². The number of Topliss-reactive ketones (excluding diaryl/α,β-unsaturated/α-hetero) is 1. The molecule has 0 saturated heterocycles. The van der Waals surface area contributed by atoms with Crippen LogP contribution in [0.25, 0.3) is 0 Å². The quantitative estimate of drug-likeness (QED) is 0.495. The Kier molecular flexibility index (Phi) is 6.01. The highest BCUT2D eigenvalue weighted by atomic mass is 16.6. The second-order valence-corrected chi connectivity index (χ2v) is 6.41. The van der Waals surface area contributed by atoms with Crippen molar-refractivity contribution in [3.8, 4) is 11.5 Å². The van der Waals surface area contributed by atoms with Gasteiger partial charge in [-0.05, 0) is 24.1 Å². The Balaban J connectivity index is 1.66. The largest absolute Gasteiger partial charge is 0.486 e. The van der Waals surface area contributed by atoms with Gasteiger partial charge in [0.25, 0.3) is 5.56 Å². The van der Waals surface area contributed by atoms with Crippen LogP contribution in [0.15, 0.2) is 27.8 Å². The van der Waals surface area contributed by atoms with Gasteiger partial charge in [0.15, 0.2) is 18.1 Å². The summed E-state index contributed by atoms with van der Waals surface area (Å²) in [6, 6.07) is 5.06. The number of nitrogens with two attached hydrogens (primary N) is 1. The average Bonchev–Trinajstić information content (AvgIpc) is 2.69. The van der Waals surface area contributed by atoms with Crippen molar-refractivity contribution in [1.82, 2.24) is 9.55 Å². The summed E-state index contributed by atoms with van der Waals surface area (Å²) in [6.45, 7) is 2.28. The van der Waals surface area contributed by atoms with Gasteiger partial charge in [0, 0.05) is 6.54 Å². The second-order valence-electron chi connectivity index (χ2n) is 6.41. The zero-order valence-electron chi connectivity index (χ0n) is 15.9. The van der Waals surface area contributed by atoms with Crippen molar-refractivity contribution in [1.29, 1.82) is 0 Å². The lowest BCUT2D eigenvalue weighted by atomic mass is 10.1. The number of nitrogens with one attached hydrogen (secondary N) is 1. The number of ketones is 1. The van der Waals surface area contributed by atoms with E-state index in [1.165, 1.54) is 0 Å². The van der Waals surface area contributed by atoms with Crippen LogP contribution < -0.4 is 26.5 Å². The van der Waals surface area contributed by atoms with E-state index < -0.39 is 35.2 Å². The molecule has 0 spiro atoms. The van der Waals surface area contributed by atoms with Crippen LogP contribution in [-0.2, 0) is 22.5 Å². The van der Waals surface area contributed by atoms with Crippen LogP contribution in [0.2, 0.25) is 0 Å². The number of H-pyrrole nitrogens is 1. The standard InChI is InChI=1S/C19H21N3O7/c1-2-5-22-17(20)16(18(25)21-19(22)26)12(23)10-29-15(24)9-11-3-4-13-14(8-11)28-7-6-27-13/h3-4,8H,2,5-7,9-10,20H2,1H3,(H,21,25,26). The molecule has 0 bridgehead atoms. The number of nitrogens with zero attached hydrogens (tertiary/aromatic N) is 1. The fraction of sp³-hybridized carbons (Fsp3) is 0.368. The fourth-order valence-electron chi connectivity index (χ4n) is 2.94. The first-order chi connectivity index (χ1) is 13.9. The Bertz CT molecular complexity index is 1050. The maximum Gasteiger partial charge on any atom is 0.329 e. The van der Waals surface area contributed by atoms with Gasteiger partial charge >= 0.3 is 11.7 Å². The first kappa shape index (κ1) is 20.2. The summed E-state index contributed by atoms with van der Waals surface area (Å²) in [4.78, 5) is 50.3. The highest BCUT2D eigenvalue weighted by molar-refractivity contribution is 6.01. The highest BCUT2D eigenvalue weighted by Gasteiger charge is 2.21. The summed E-state index contributed by atoms with van der Waals surface area (Å²) in [6.07, 6.45) is 0.486. The number of rotatable bonds is 7. The number of nitrogen functional groups attached to an aromatic ring is 1. The van der Waals surface area contributed by atoms with Crippen molar-refractivity contribution in [3.05, 3.63) is 50.2 Å².